The van der Waals surface area contributed by atoms with Crippen LogP contribution in [0.15, 0.2) is 18.2 Å². The van der Waals surface area contributed by atoms with Crippen LogP contribution in [0.3, 0.4) is 0 Å². The van der Waals surface area contributed by atoms with E-state index in [4.69, 9.17) is 4.74 Å². The molecule has 0 bridgehead atoms. The Kier molecular flexibility index (Phi) is 4.06. The molecule has 2 rings (SSSR count). The van der Waals surface area contributed by atoms with Crippen LogP contribution < -0.4 is 10.1 Å². The van der Waals surface area contributed by atoms with Gasteiger partial charge >= 0.3 is 0 Å². The summed E-state index contributed by atoms with van der Waals surface area (Å²) in [6, 6.07) is 6.92. The molecular formula is C15H23NO. The van der Waals surface area contributed by atoms with Crippen molar-refractivity contribution >= 4 is 0 Å². The molecule has 0 aliphatic heterocycles. The fourth-order valence-electron chi connectivity index (χ4n) is 2.57. The second kappa shape index (κ2) is 5.54. The van der Waals surface area contributed by atoms with Crippen molar-refractivity contribution in [2.75, 3.05) is 14.2 Å². The average Bonchev–Trinajstić information content (AvgIpc) is 2.29. The van der Waals surface area contributed by atoms with Crippen molar-refractivity contribution in [1.29, 1.82) is 0 Å². The highest BCUT2D eigenvalue weighted by atomic mass is 16.5. The zero-order chi connectivity index (χ0) is 12.3. The number of rotatable bonds is 5. The molecule has 1 aromatic carbocycles. The van der Waals surface area contributed by atoms with Crippen LogP contribution in [-0.2, 0) is 0 Å². The molecule has 1 aromatic rings. The first-order valence-corrected chi connectivity index (χ1v) is 6.56. The van der Waals surface area contributed by atoms with Gasteiger partial charge in [0.15, 0.2) is 0 Å². The number of methoxy groups -OCH3 is 1. The number of hydrogen-bond acceptors (Lipinski definition) is 2. The van der Waals surface area contributed by atoms with E-state index >= 15 is 0 Å². The summed E-state index contributed by atoms with van der Waals surface area (Å²) >= 11 is 0. The van der Waals surface area contributed by atoms with Crippen molar-refractivity contribution in [3.8, 4) is 5.75 Å². The highest BCUT2D eigenvalue weighted by molar-refractivity contribution is 5.39. The summed E-state index contributed by atoms with van der Waals surface area (Å²) in [5.74, 6) is 1.92. The van der Waals surface area contributed by atoms with Crippen LogP contribution in [0.1, 0.15) is 42.9 Å². The molecule has 1 N–H and O–H groups in total. The van der Waals surface area contributed by atoms with Crippen LogP contribution in [-0.4, -0.2) is 14.2 Å². The summed E-state index contributed by atoms with van der Waals surface area (Å²) in [6.45, 7) is 2.10. The topological polar surface area (TPSA) is 21.3 Å². The van der Waals surface area contributed by atoms with Crippen molar-refractivity contribution in [2.45, 2.75) is 38.6 Å². The summed E-state index contributed by atoms with van der Waals surface area (Å²) < 4.78 is 5.50. The molecule has 0 amide bonds. The maximum absolute atomic E-state index is 5.50. The van der Waals surface area contributed by atoms with Gasteiger partial charge in [-0.2, -0.15) is 0 Å². The Morgan fingerprint density at radius 1 is 1.41 bits per heavy atom. The number of ether oxygens (including phenoxy) is 1. The number of hydrogen-bond donors (Lipinski definition) is 1. The fraction of sp³-hybridized carbons (Fsp3) is 0.600. The minimum atomic E-state index is 0.427. The summed E-state index contributed by atoms with van der Waals surface area (Å²) in [5, 5.41) is 3.43. The zero-order valence-electron chi connectivity index (χ0n) is 11.1. The second-order valence-corrected chi connectivity index (χ2v) is 5.12. The lowest BCUT2D eigenvalue weighted by atomic mass is 9.79. The predicted octanol–water partition coefficient (Wildman–Crippen LogP) is 3.45. The van der Waals surface area contributed by atoms with Gasteiger partial charge in [0.25, 0.3) is 0 Å². The van der Waals surface area contributed by atoms with E-state index in [2.05, 4.69) is 30.4 Å². The van der Waals surface area contributed by atoms with Crippen molar-refractivity contribution in [1.82, 2.24) is 5.32 Å². The first-order valence-electron chi connectivity index (χ1n) is 6.56. The number of nitrogens with one attached hydrogen (secondary N) is 1. The van der Waals surface area contributed by atoms with Crippen molar-refractivity contribution in [2.24, 2.45) is 5.92 Å². The minimum Gasteiger partial charge on any atom is -0.496 e. The van der Waals surface area contributed by atoms with E-state index < -0.39 is 0 Å². The monoisotopic (exact) mass is 233 g/mol. The fourth-order valence-corrected chi connectivity index (χ4v) is 2.57. The smallest absolute Gasteiger partial charge is 0.123 e. The van der Waals surface area contributed by atoms with Crippen LogP contribution in [0.2, 0.25) is 0 Å². The molecule has 0 radical (unpaired) electrons. The molecular weight excluding hydrogens is 210 g/mol. The van der Waals surface area contributed by atoms with Crippen molar-refractivity contribution in [3.63, 3.8) is 0 Å². The molecule has 0 aromatic heterocycles. The first kappa shape index (κ1) is 12.4. The second-order valence-electron chi connectivity index (χ2n) is 5.12. The molecule has 0 spiro atoms. The predicted molar refractivity (Wildman–Crippen MR) is 71.5 cm³/mol. The third-order valence-electron chi connectivity index (χ3n) is 3.91. The Balaban J connectivity index is 2.16. The maximum atomic E-state index is 5.50. The van der Waals surface area contributed by atoms with E-state index in [9.17, 15) is 0 Å². The lowest BCUT2D eigenvalue weighted by Crippen LogP contribution is -2.23. The lowest BCUT2D eigenvalue weighted by Gasteiger charge is -2.30. The normalized spacial score (nSPS) is 17.6. The van der Waals surface area contributed by atoms with Gasteiger partial charge in [-0.25, -0.2) is 0 Å². The Morgan fingerprint density at radius 2 is 2.18 bits per heavy atom. The molecule has 94 valence electrons. The van der Waals surface area contributed by atoms with E-state index in [-0.39, 0.29) is 0 Å². The van der Waals surface area contributed by atoms with E-state index in [1.807, 2.05) is 7.05 Å². The van der Waals surface area contributed by atoms with Gasteiger partial charge in [-0.15, -0.1) is 0 Å². The van der Waals surface area contributed by atoms with Gasteiger partial charge in [-0.3, -0.25) is 0 Å². The Bertz CT molecular complexity index is 371. The molecule has 0 heterocycles. The van der Waals surface area contributed by atoms with Gasteiger partial charge in [0.2, 0.25) is 0 Å². The highest BCUT2D eigenvalue weighted by Crippen LogP contribution is 2.37. The molecule has 0 saturated heterocycles. The molecule has 1 aliphatic carbocycles. The number of aryl methyl sites for hydroxylation is 1. The zero-order valence-corrected chi connectivity index (χ0v) is 11.1. The Hall–Kier alpha value is -1.02. The molecule has 1 atom stereocenters. The van der Waals surface area contributed by atoms with Gasteiger partial charge < -0.3 is 10.1 Å². The Labute approximate surface area is 104 Å². The van der Waals surface area contributed by atoms with Crippen LogP contribution in [0.4, 0.5) is 0 Å². The van der Waals surface area contributed by atoms with Gasteiger partial charge in [0, 0.05) is 11.6 Å². The third kappa shape index (κ3) is 2.81. The minimum absolute atomic E-state index is 0.427. The van der Waals surface area contributed by atoms with Gasteiger partial charge in [-0.1, -0.05) is 31.4 Å². The Morgan fingerprint density at radius 3 is 2.71 bits per heavy atom. The van der Waals surface area contributed by atoms with E-state index in [0.717, 1.165) is 11.7 Å². The third-order valence-corrected chi connectivity index (χ3v) is 3.91. The molecule has 1 fully saturated rings. The number of benzene rings is 1. The van der Waals surface area contributed by atoms with Crippen molar-refractivity contribution in [3.05, 3.63) is 29.3 Å². The van der Waals surface area contributed by atoms with E-state index in [0.29, 0.717) is 6.04 Å². The van der Waals surface area contributed by atoms with Crippen LogP contribution >= 0.6 is 0 Å². The van der Waals surface area contributed by atoms with E-state index in [1.165, 1.54) is 36.8 Å². The van der Waals surface area contributed by atoms with Crippen LogP contribution in [0, 0.1) is 12.8 Å². The summed E-state index contributed by atoms with van der Waals surface area (Å²) in [6.07, 6.45) is 5.43. The lowest BCUT2D eigenvalue weighted by molar-refractivity contribution is 0.263. The first-order chi connectivity index (χ1) is 8.24. The van der Waals surface area contributed by atoms with E-state index in [1.54, 1.807) is 7.11 Å². The van der Waals surface area contributed by atoms with Crippen LogP contribution in [0.5, 0.6) is 5.75 Å². The van der Waals surface area contributed by atoms with Crippen molar-refractivity contribution < 1.29 is 4.74 Å². The standard InChI is InChI=1S/C15H23NO/c1-11-7-8-13(15(9-11)17-3)14(16-2)10-12-5-4-6-12/h7-9,12,14,16H,4-6,10H2,1-3H3. The average molecular weight is 233 g/mol. The summed E-state index contributed by atoms with van der Waals surface area (Å²) in [5.41, 5.74) is 2.55. The SMILES string of the molecule is CNC(CC1CCC1)c1ccc(C)cc1OC. The van der Waals surface area contributed by atoms with Gasteiger partial charge in [0.05, 0.1) is 7.11 Å². The molecule has 2 nitrogen and oxygen atoms in total. The largest absolute Gasteiger partial charge is 0.496 e. The summed E-state index contributed by atoms with van der Waals surface area (Å²) in [7, 11) is 3.80. The highest BCUT2D eigenvalue weighted by Gasteiger charge is 2.23. The maximum Gasteiger partial charge on any atom is 0.123 e. The summed E-state index contributed by atoms with van der Waals surface area (Å²) in [4.78, 5) is 0. The molecule has 1 saturated carbocycles. The molecule has 1 aliphatic rings. The van der Waals surface area contributed by atoms with Crippen LogP contribution in [0.25, 0.3) is 0 Å². The molecule has 1 unspecified atom stereocenters. The van der Waals surface area contributed by atoms with Gasteiger partial charge in [0.1, 0.15) is 5.75 Å². The molecule has 2 heteroatoms. The molecule has 17 heavy (non-hydrogen) atoms. The van der Waals surface area contributed by atoms with Gasteiger partial charge in [-0.05, 0) is 37.9 Å². The quantitative estimate of drug-likeness (QED) is 0.841.